The molecule has 0 radical (unpaired) electrons. The molecule has 4 heteroatoms. The Balaban J connectivity index is 1.98. The van der Waals surface area contributed by atoms with Gasteiger partial charge in [-0.15, -0.1) is 0 Å². The van der Waals surface area contributed by atoms with Crippen molar-refractivity contribution in [2.24, 2.45) is 0 Å². The van der Waals surface area contributed by atoms with Crippen molar-refractivity contribution in [1.82, 2.24) is 5.32 Å². The minimum absolute atomic E-state index is 0.248. The van der Waals surface area contributed by atoms with E-state index in [1.807, 2.05) is 0 Å². The van der Waals surface area contributed by atoms with Gasteiger partial charge in [-0.2, -0.15) is 0 Å². The lowest BCUT2D eigenvalue weighted by atomic mass is 10.2. The molecule has 0 aromatic carbocycles. The number of ether oxygens (including phenoxy) is 2. The van der Waals surface area contributed by atoms with E-state index in [1.54, 1.807) is 6.92 Å². The summed E-state index contributed by atoms with van der Waals surface area (Å²) in [6.45, 7) is 4.78. The van der Waals surface area contributed by atoms with Crippen molar-refractivity contribution in [2.45, 2.75) is 25.7 Å². The van der Waals surface area contributed by atoms with Crippen LogP contribution < -0.4 is 5.32 Å². The monoisotopic (exact) mass is 175 g/mol. The fourth-order valence-corrected chi connectivity index (χ4v) is 1.18. The molecular formula is C8H17NO3. The Bertz CT molecular complexity index is 113. The van der Waals surface area contributed by atoms with E-state index >= 15 is 0 Å². The maximum absolute atomic E-state index is 8.80. The fourth-order valence-electron chi connectivity index (χ4n) is 1.18. The Hall–Kier alpha value is -0.160. The van der Waals surface area contributed by atoms with E-state index in [1.165, 1.54) is 0 Å². The molecule has 0 bridgehead atoms. The summed E-state index contributed by atoms with van der Waals surface area (Å²) in [7, 11) is 0. The molecule has 12 heavy (non-hydrogen) atoms. The maximum atomic E-state index is 8.80. The molecule has 1 saturated heterocycles. The van der Waals surface area contributed by atoms with Gasteiger partial charge in [-0.3, -0.25) is 0 Å². The number of aliphatic hydroxyl groups is 1. The van der Waals surface area contributed by atoms with Crippen molar-refractivity contribution in [3.8, 4) is 0 Å². The van der Waals surface area contributed by atoms with Crippen LogP contribution in [-0.2, 0) is 9.47 Å². The van der Waals surface area contributed by atoms with E-state index in [9.17, 15) is 0 Å². The third kappa shape index (κ3) is 4.01. The van der Waals surface area contributed by atoms with Gasteiger partial charge in [-0.05, 0) is 13.3 Å². The second-order valence-corrected chi connectivity index (χ2v) is 2.96. The predicted molar refractivity (Wildman–Crippen MR) is 44.9 cm³/mol. The standard InChI is InChI=1S/C8H17NO3/c1-7(10)11-4-2-8-6-9-3-5-12-8/h7-10H,2-6H2,1H3. The molecular weight excluding hydrogens is 158 g/mol. The van der Waals surface area contributed by atoms with Crippen LogP contribution >= 0.6 is 0 Å². The number of hydrogen-bond donors (Lipinski definition) is 2. The van der Waals surface area contributed by atoms with Crippen molar-refractivity contribution >= 4 is 0 Å². The largest absolute Gasteiger partial charge is 0.375 e. The Morgan fingerprint density at radius 2 is 2.58 bits per heavy atom. The molecule has 1 fully saturated rings. The van der Waals surface area contributed by atoms with E-state index in [4.69, 9.17) is 14.6 Å². The Labute approximate surface area is 72.9 Å². The molecule has 1 aliphatic rings. The minimum atomic E-state index is -0.665. The first kappa shape index (κ1) is 9.92. The molecule has 1 heterocycles. The van der Waals surface area contributed by atoms with Gasteiger partial charge in [0.15, 0.2) is 6.29 Å². The van der Waals surface area contributed by atoms with E-state index in [2.05, 4.69) is 5.32 Å². The number of aliphatic hydroxyl groups excluding tert-OH is 1. The van der Waals surface area contributed by atoms with Gasteiger partial charge in [0.25, 0.3) is 0 Å². The van der Waals surface area contributed by atoms with Crippen molar-refractivity contribution in [1.29, 1.82) is 0 Å². The molecule has 0 aromatic heterocycles. The average molecular weight is 175 g/mol. The molecule has 0 saturated carbocycles. The van der Waals surface area contributed by atoms with E-state index in [0.29, 0.717) is 6.61 Å². The molecule has 2 unspecified atom stereocenters. The first-order valence-electron chi connectivity index (χ1n) is 4.41. The molecule has 0 aliphatic carbocycles. The van der Waals surface area contributed by atoms with Crippen LogP contribution in [0.25, 0.3) is 0 Å². The quantitative estimate of drug-likeness (QED) is 0.577. The fraction of sp³-hybridized carbons (Fsp3) is 1.00. The van der Waals surface area contributed by atoms with Gasteiger partial charge in [-0.1, -0.05) is 0 Å². The number of morpholine rings is 1. The predicted octanol–water partition coefficient (Wildman–Crippen LogP) is -0.280. The Kier molecular flexibility index (Phi) is 4.53. The number of nitrogens with one attached hydrogen (secondary N) is 1. The SMILES string of the molecule is CC(O)OCCC1CNCCO1. The summed E-state index contributed by atoms with van der Waals surface area (Å²) in [4.78, 5) is 0. The average Bonchev–Trinajstić information content (AvgIpc) is 2.05. The summed E-state index contributed by atoms with van der Waals surface area (Å²) in [6, 6.07) is 0. The zero-order valence-corrected chi connectivity index (χ0v) is 7.45. The molecule has 1 aliphatic heterocycles. The van der Waals surface area contributed by atoms with Gasteiger partial charge >= 0.3 is 0 Å². The third-order valence-electron chi connectivity index (χ3n) is 1.80. The summed E-state index contributed by atoms with van der Waals surface area (Å²) >= 11 is 0. The third-order valence-corrected chi connectivity index (χ3v) is 1.80. The van der Waals surface area contributed by atoms with Crippen LogP contribution in [0.1, 0.15) is 13.3 Å². The first-order valence-corrected chi connectivity index (χ1v) is 4.41. The lowest BCUT2D eigenvalue weighted by Gasteiger charge is -2.23. The Morgan fingerprint density at radius 1 is 1.75 bits per heavy atom. The van der Waals surface area contributed by atoms with Crippen molar-refractivity contribution in [3.05, 3.63) is 0 Å². The lowest BCUT2D eigenvalue weighted by Crippen LogP contribution is -2.39. The van der Waals surface area contributed by atoms with Gasteiger partial charge < -0.3 is 19.9 Å². The smallest absolute Gasteiger partial charge is 0.151 e. The molecule has 0 amide bonds. The van der Waals surface area contributed by atoms with Crippen LogP contribution in [0.3, 0.4) is 0 Å². The highest BCUT2D eigenvalue weighted by molar-refractivity contribution is 4.66. The van der Waals surface area contributed by atoms with Crippen LogP contribution in [-0.4, -0.2) is 43.8 Å². The molecule has 2 atom stereocenters. The van der Waals surface area contributed by atoms with Crippen LogP contribution in [0.2, 0.25) is 0 Å². The zero-order chi connectivity index (χ0) is 8.81. The van der Waals surface area contributed by atoms with Gasteiger partial charge in [0, 0.05) is 13.1 Å². The molecule has 4 nitrogen and oxygen atoms in total. The van der Waals surface area contributed by atoms with E-state index in [0.717, 1.165) is 26.1 Å². The van der Waals surface area contributed by atoms with Gasteiger partial charge in [-0.25, -0.2) is 0 Å². The highest BCUT2D eigenvalue weighted by atomic mass is 16.6. The first-order chi connectivity index (χ1) is 5.79. The van der Waals surface area contributed by atoms with Gasteiger partial charge in [0.1, 0.15) is 0 Å². The molecule has 0 aromatic rings. The van der Waals surface area contributed by atoms with Gasteiger partial charge in [0.05, 0.1) is 19.3 Å². The normalized spacial score (nSPS) is 27.0. The summed E-state index contributed by atoms with van der Waals surface area (Å²) in [5.74, 6) is 0. The molecule has 0 spiro atoms. The van der Waals surface area contributed by atoms with Crippen LogP contribution in [0, 0.1) is 0 Å². The minimum Gasteiger partial charge on any atom is -0.375 e. The van der Waals surface area contributed by atoms with Crippen LogP contribution in [0.4, 0.5) is 0 Å². The number of rotatable bonds is 4. The molecule has 1 rings (SSSR count). The maximum Gasteiger partial charge on any atom is 0.151 e. The summed E-state index contributed by atoms with van der Waals surface area (Å²) in [6.07, 6.45) is 0.428. The van der Waals surface area contributed by atoms with E-state index < -0.39 is 6.29 Å². The lowest BCUT2D eigenvalue weighted by molar-refractivity contribution is -0.0970. The summed E-state index contributed by atoms with van der Waals surface area (Å²) < 4.78 is 10.4. The van der Waals surface area contributed by atoms with E-state index in [-0.39, 0.29) is 6.10 Å². The van der Waals surface area contributed by atoms with Crippen LogP contribution in [0.15, 0.2) is 0 Å². The number of hydrogen-bond acceptors (Lipinski definition) is 4. The van der Waals surface area contributed by atoms with Crippen molar-refractivity contribution < 1.29 is 14.6 Å². The summed E-state index contributed by atoms with van der Waals surface area (Å²) in [5.41, 5.74) is 0. The van der Waals surface area contributed by atoms with Crippen LogP contribution in [0.5, 0.6) is 0 Å². The summed E-state index contributed by atoms with van der Waals surface area (Å²) in [5, 5.41) is 12.0. The topological polar surface area (TPSA) is 50.7 Å². The van der Waals surface area contributed by atoms with Gasteiger partial charge in [0.2, 0.25) is 0 Å². The Morgan fingerprint density at radius 3 is 3.17 bits per heavy atom. The van der Waals surface area contributed by atoms with Crippen molar-refractivity contribution in [2.75, 3.05) is 26.3 Å². The second-order valence-electron chi connectivity index (χ2n) is 2.96. The highest BCUT2D eigenvalue weighted by Gasteiger charge is 2.12. The molecule has 72 valence electrons. The second kappa shape index (κ2) is 5.48. The highest BCUT2D eigenvalue weighted by Crippen LogP contribution is 2.01. The van der Waals surface area contributed by atoms with Crippen molar-refractivity contribution in [3.63, 3.8) is 0 Å². The molecule has 2 N–H and O–H groups in total. The zero-order valence-electron chi connectivity index (χ0n) is 7.45.